The summed E-state index contributed by atoms with van der Waals surface area (Å²) in [5.41, 5.74) is -1.02. The molecule has 1 aromatic heterocycles. The lowest BCUT2D eigenvalue weighted by Crippen LogP contribution is -2.23. The Bertz CT molecular complexity index is 480. The number of carboxylic acids is 1. The Morgan fingerprint density at radius 3 is 2.67 bits per heavy atom. The number of carboxylic acid groups (broad SMARTS) is 1. The van der Waals surface area contributed by atoms with Crippen molar-refractivity contribution < 1.29 is 25.0 Å². The monoisotopic (exact) mass is 276 g/mol. The molecule has 18 heavy (non-hydrogen) atoms. The van der Waals surface area contributed by atoms with Crippen LogP contribution in [0, 0.1) is 10.1 Å². The smallest absolute Gasteiger partial charge is 0.306 e. The fourth-order valence-electron chi connectivity index (χ4n) is 1.29. The highest BCUT2D eigenvalue weighted by Gasteiger charge is 2.29. The minimum atomic E-state index is -1.78. The average molecular weight is 277 g/mol. The fourth-order valence-corrected chi connectivity index (χ4v) is 1.44. The minimum Gasteiger partial charge on any atom is -0.481 e. The molecule has 0 spiro atoms. The number of nitro groups is 1. The van der Waals surface area contributed by atoms with Crippen molar-refractivity contribution >= 4 is 23.3 Å². The standard InChI is InChI=1S/C9H9ClN2O6/c10-4-1-5(12(17)18)8(11-3-4)9(16)6(13)2-7(14)15/h1,3,6,9,13,16H,2H2,(H,14,15). The molecule has 1 heterocycles. The summed E-state index contributed by atoms with van der Waals surface area (Å²) in [6.07, 6.45) is -3.18. The van der Waals surface area contributed by atoms with Gasteiger partial charge in [-0.3, -0.25) is 14.9 Å². The number of halogens is 1. The van der Waals surface area contributed by atoms with Crippen LogP contribution in [0.4, 0.5) is 5.69 Å². The number of aromatic nitrogens is 1. The van der Waals surface area contributed by atoms with Crippen LogP contribution in [0.3, 0.4) is 0 Å². The molecule has 0 aliphatic heterocycles. The zero-order chi connectivity index (χ0) is 13.9. The number of pyridine rings is 1. The van der Waals surface area contributed by atoms with E-state index in [0.29, 0.717) is 0 Å². The maximum atomic E-state index is 10.7. The van der Waals surface area contributed by atoms with Crippen LogP contribution >= 0.6 is 11.6 Å². The normalized spacial score (nSPS) is 13.9. The minimum absolute atomic E-state index is 0.00891. The molecule has 9 heteroatoms. The molecule has 1 aromatic rings. The Labute approximate surface area is 106 Å². The maximum absolute atomic E-state index is 10.7. The van der Waals surface area contributed by atoms with Crippen LogP contribution in [0.1, 0.15) is 18.2 Å². The highest BCUT2D eigenvalue weighted by molar-refractivity contribution is 6.30. The van der Waals surface area contributed by atoms with E-state index in [2.05, 4.69) is 4.98 Å². The van der Waals surface area contributed by atoms with Gasteiger partial charge in [-0.05, 0) is 0 Å². The van der Waals surface area contributed by atoms with Crippen molar-refractivity contribution in [2.24, 2.45) is 0 Å². The molecule has 0 aliphatic rings. The summed E-state index contributed by atoms with van der Waals surface area (Å²) >= 11 is 5.52. The summed E-state index contributed by atoms with van der Waals surface area (Å²) in [7, 11) is 0. The van der Waals surface area contributed by atoms with E-state index < -0.39 is 40.9 Å². The summed E-state index contributed by atoms with van der Waals surface area (Å²) in [5.74, 6) is -1.35. The van der Waals surface area contributed by atoms with Gasteiger partial charge in [-0.1, -0.05) is 11.6 Å². The molecule has 0 bridgehead atoms. The van der Waals surface area contributed by atoms with Gasteiger partial charge in [0.25, 0.3) is 5.69 Å². The number of aliphatic hydroxyl groups excluding tert-OH is 2. The van der Waals surface area contributed by atoms with Gasteiger partial charge in [-0.25, -0.2) is 4.98 Å². The predicted molar refractivity (Wildman–Crippen MR) is 59.1 cm³/mol. The van der Waals surface area contributed by atoms with Gasteiger partial charge in [-0.15, -0.1) is 0 Å². The lowest BCUT2D eigenvalue weighted by Gasteiger charge is -2.15. The molecule has 0 amide bonds. The van der Waals surface area contributed by atoms with Gasteiger partial charge >= 0.3 is 5.97 Å². The second kappa shape index (κ2) is 5.71. The summed E-state index contributed by atoms with van der Waals surface area (Å²) < 4.78 is 0. The van der Waals surface area contributed by atoms with Gasteiger partial charge in [0.15, 0.2) is 0 Å². The van der Waals surface area contributed by atoms with Crippen molar-refractivity contribution in [1.82, 2.24) is 4.98 Å². The molecular formula is C9H9ClN2O6. The van der Waals surface area contributed by atoms with Crippen molar-refractivity contribution in [3.63, 3.8) is 0 Å². The quantitative estimate of drug-likeness (QED) is 0.527. The third-order valence-electron chi connectivity index (χ3n) is 2.09. The first-order valence-electron chi connectivity index (χ1n) is 4.70. The van der Waals surface area contributed by atoms with Crippen molar-refractivity contribution in [3.05, 3.63) is 33.1 Å². The first-order chi connectivity index (χ1) is 8.32. The zero-order valence-corrected chi connectivity index (χ0v) is 9.61. The zero-order valence-electron chi connectivity index (χ0n) is 8.86. The van der Waals surface area contributed by atoms with Gasteiger partial charge in [0.05, 0.1) is 22.5 Å². The number of nitrogens with zero attached hydrogens (tertiary/aromatic N) is 2. The van der Waals surface area contributed by atoms with Crippen LogP contribution in [0.2, 0.25) is 5.02 Å². The molecule has 0 saturated carbocycles. The predicted octanol–water partition coefficient (Wildman–Crippen LogP) is 0.512. The first kappa shape index (κ1) is 14.3. The highest BCUT2D eigenvalue weighted by Crippen LogP contribution is 2.28. The van der Waals surface area contributed by atoms with Crippen molar-refractivity contribution in [1.29, 1.82) is 0 Å². The molecule has 0 radical (unpaired) electrons. The van der Waals surface area contributed by atoms with Crippen molar-refractivity contribution in [2.45, 2.75) is 18.6 Å². The molecular weight excluding hydrogens is 268 g/mol. The largest absolute Gasteiger partial charge is 0.481 e. The molecule has 0 aromatic carbocycles. The van der Waals surface area contributed by atoms with E-state index in [9.17, 15) is 25.1 Å². The molecule has 0 saturated heterocycles. The van der Waals surface area contributed by atoms with E-state index in [-0.39, 0.29) is 5.02 Å². The van der Waals surface area contributed by atoms with Crippen molar-refractivity contribution in [2.75, 3.05) is 0 Å². The molecule has 1 rings (SSSR count). The molecule has 2 unspecified atom stereocenters. The van der Waals surface area contributed by atoms with Crippen LogP contribution in [-0.4, -0.2) is 37.3 Å². The first-order valence-corrected chi connectivity index (χ1v) is 5.08. The van der Waals surface area contributed by atoms with Crippen LogP contribution < -0.4 is 0 Å². The van der Waals surface area contributed by atoms with Gasteiger partial charge in [0.1, 0.15) is 11.8 Å². The summed E-state index contributed by atoms with van der Waals surface area (Å²) in [6.45, 7) is 0. The van der Waals surface area contributed by atoms with E-state index in [0.717, 1.165) is 12.3 Å². The SMILES string of the molecule is O=C(O)CC(O)C(O)c1ncc(Cl)cc1[N+](=O)[O-]. The molecule has 8 nitrogen and oxygen atoms in total. The lowest BCUT2D eigenvalue weighted by atomic mass is 10.1. The topological polar surface area (TPSA) is 134 Å². The summed E-state index contributed by atoms with van der Waals surface area (Å²) in [6, 6.07) is 0.959. The Balaban J connectivity index is 3.08. The average Bonchev–Trinajstić information content (AvgIpc) is 2.26. The van der Waals surface area contributed by atoms with Crippen molar-refractivity contribution in [3.8, 4) is 0 Å². The highest BCUT2D eigenvalue weighted by atomic mass is 35.5. The Morgan fingerprint density at radius 2 is 2.17 bits per heavy atom. The molecule has 2 atom stereocenters. The van der Waals surface area contributed by atoms with Crippen LogP contribution in [0.25, 0.3) is 0 Å². The second-order valence-electron chi connectivity index (χ2n) is 3.43. The van der Waals surface area contributed by atoms with E-state index in [1.807, 2.05) is 0 Å². The summed E-state index contributed by atoms with van der Waals surface area (Å²) in [4.78, 5) is 23.8. The Hall–Kier alpha value is -1.77. The van der Waals surface area contributed by atoms with E-state index in [1.54, 1.807) is 0 Å². The Morgan fingerprint density at radius 1 is 1.56 bits per heavy atom. The second-order valence-corrected chi connectivity index (χ2v) is 3.86. The third kappa shape index (κ3) is 3.36. The molecule has 0 fully saturated rings. The summed E-state index contributed by atoms with van der Waals surface area (Å²) in [5, 5.41) is 38.2. The van der Waals surface area contributed by atoms with Gasteiger partial charge in [0, 0.05) is 12.3 Å². The van der Waals surface area contributed by atoms with Gasteiger partial charge in [-0.2, -0.15) is 0 Å². The van der Waals surface area contributed by atoms with E-state index >= 15 is 0 Å². The van der Waals surface area contributed by atoms with Gasteiger partial charge in [0.2, 0.25) is 0 Å². The number of aliphatic carboxylic acids is 1. The Kier molecular flexibility index (Phi) is 4.54. The van der Waals surface area contributed by atoms with E-state index in [1.165, 1.54) is 0 Å². The number of hydrogen-bond acceptors (Lipinski definition) is 6. The third-order valence-corrected chi connectivity index (χ3v) is 2.30. The number of aliphatic hydroxyl groups is 2. The van der Waals surface area contributed by atoms with Crippen LogP contribution in [0.5, 0.6) is 0 Å². The van der Waals surface area contributed by atoms with Crippen LogP contribution in [-0.2, 0) is 4.79 Å². The fraction of sp³-hybridized carbons (Fsp3) is 0.333. The van der Waals surface area contributed by atoms with E-state index in [4.69, 9.17) is 16.7 Å². The number of hydrogen-bond donors (Lipinski definition) is 3. The molecule has 98 valence electrons. The molecule has 3 N–H and O–H groups in total. The maximum Gasteiger partial charge on any atom is 0.306 e. The lowest BCUT2D eigenvalue weighted by molar-refractivity contribution is -0.386. The number of carbonyl (C=O) groups is 1. The van der Waals surface area contributed by atoms with Gasteiger partial charge < -0.3 is 15.3 Å². The van der Waals surface area contributed by atoms with Crippen LogP contribution in [0.15, 0.2) is 12.3 Å². The molecule has 0 aliphatic carbocycles. The number of rotatable bonds is 5.